The lowest BCUT2D eigenvalue weighted by atomic mass is 10.2. The van der Waals surface area contributed by atoms with E-state index in [1.54, 1.807) is 20.8 Å². The summed E-state index contributed by atoms with van der Waals surface area (Å²) in [4.78, 5) is 32.1. The van der Waals surface area contributed by atoms with Crippen LogP contribution in [0.15, 0.2) is 24.5 Å². The minimum absolute atomic E-state index is 0.00105. The van der Waals surface area contributed by atoms with E-state index in [9.17, 15) is 14.0 Å². The Balaban J connectivity index is 1.79. The highest BCUT2D eigenvalue weighted by Crippen LogP contribution is 2.14. The maximum atomic E-state index is 13.5. The highest BCUT2D eigenvalue weighted by atomic mass is 32.1. The fraction of sp³-hybridized carbons (Fsp3) is 0.412. The lowest BCUT2D eigenvalue weighted by Gasteiger charge is -2.19. The molecule has 0 saturated heterocycles. The second-order valence-corrected chi connectivity index (χ2v) is 7.53. The number of nitrogens with one attached hydrogen (secondary N) is 2. The molecule has 0 spiro atoms. The zero-order valence-electron chi connectivity index (χ0n) is 14.8. The van der Waals surface area contributed by atoms with E-state index in [1.807, 2.05) is 0 Å². The number of rotatable bonds is 6. The summed E-state index contributed by atoms with van der Waals surface area (Å²) in [6.07, 6.45) is 2.90. The number of carbonyl (C=O) groups is 2. The first-order chi connectivity index (χ1) is 12.2. The fourth-order valence-corrected chi connectivity index (χ4v) is 2.75. The quantitative estimate of drug-likeness (QED) is 0.804. The van der Waals surface area contributed by atoms with E-state index in [0.29, 0.717) is 22.9 Å². The number of amides is 2. The van der Waals surface area contributed by atoms with Crippen molar-refractivity contribution in [1.29, 1.82) is 0 Å². The van der Waals surface area contributed by atoms with Crippen LogP contribution in [-0.4, -0.2) is 34.1 Å². The predicted octanol–water partition coefficient (Wildman–Crippen LogP) is 2.67. The first-order valence-electron chi connectivity index (χ1n) is 8.04. The molecule has 140 valence electrons. The van der Waals surface area contributed by atoms with E-state index >= 15 is 0 Å². The minimum atomic E-state index is -0.552. The standard InChI is InChI=1S/C17H21FN4O3S/c1-17(2,3)25-16(24)20-8-6-14-21-10-13(26-14)15(23)22-9-12-11(18)5-4-7-19-12/h4-5,7,10H,6,8-9H2,1-3H3,(H,20,24)(H,22,23). The third-order valence-corrected chi connectivity index (χ3v) is 4.09. The lowest BCUT2D eigenvalue weighted by molar-refractivity contribution is 0.0528. The van der Waals surface area contributed by atoms with Crippen LogP contribution in [0.5, 0.6) is 0 Å². The predicted molar refractivity (Wildman–Crippen MR) is 95.4 cm³/mol. The van der Waals surface area contributed by atoms with Crippen molar-refractivity contribution in [2.24, 2.45) is 0 Å². The number of halogens is 1. The van der Waals surface area contributed by atoms with Gasteiger partial charge in [0.15, 0.2) is 0 Å². The van der Waals surface area contributed by atoms with Crippen LogP contribution in [0.4, 0.5) is 9.18 Å². The van der Waals surface area contributed by atoms with Crippen LogP contribution in [0.3, 0.4) is 0 Å². The Labute approximate surface area is 155 Å². The zero-order chi connectivity index (χ0) is 19.2. The molecule has 9 heteroatoms. The van der Waals surface area contributed by atoms with Gasteiger partial charge in [0.2, 0.25) is 0 Å². The summed E-state index contributed by atoms with van der Waals surface area (Å²) in [6, 6.07) is 2.78. The van der Waals surface area contributed by atoms with E-state index < -0.39 is 17.5 Å². The highest BCUT2D eigenvalue weighted by Gasteiger charge is 2.16. The molecule has 0 radical (unpaired) electrons. The number of ether oxygens (including phenoxy) is 1. The number of thiazole rings is 1. The van der Waals surface area contributed by atoms with E-state index in [-0.39, 0.29) is 18.1 Å². The van der Waals surface area contributed by atoms with Gasteiger partial charge in [-0.15, -0.1) is 11.3 Å². The molecule has 0 saturated carbocycles. The topological polar surface area (TPSA) is 93.2 Å². The summed E-state index contributed by atoms with van der Waals surface area (Å²) in [5.74, 6) is -0.815. The van der Waals surface area contributed by atoms with Gasteiger partial charge in [0, 0.05) is 19.2 Å². The molecule has 2 rings (SSSR count). The Morgan fingerprint density at radius 2 is 2.04 bits per heavy atom. The van der Waals surface area contributed by atoms with Crippen molar-refractivity contribution in [1.82, 2.24) is 20.6 Å². The van der Waals surface area contributed by atoms with Gasteiger partial charge in [0.25, 0.3) is 5.91 Å². The molecule has 0 aliphatic carbocycles. The summed E-state index contributed by atoms with van der Waals surface area (Å²) in [6.45, 7) is 5.71. The van der Waals surface area contributed by atoms with Gasteiger partial charge >= 0.3 is 6.09 Å². The molecular weight excluding hydrogens is 359 g/mol. The maximum Gasteiger partial charge on any atom is 0.407 e. The van der Waals surface area contributed by atoms with Crippen molar-refractivity contribution in [3.05, 3.63) is 45.9 Å². The van der Waals surface area contributed by atoms with Gasteiger partial charge in [0.05, 0.1) is 23.4 Å². The number of nitrogens with zero attached hydrogens (tertiary/aromatic N) is 2. The van der Waals surface area contributed by atoms with Gasteiger partial charge in [-0.3, -0.25) is 9.78 Å². The molecule has 26 heavy (non-hydrogen) atoms. The fourth-order valence-electron chi connectivity index (χ4n) is 1.92. The van der Waals surface area contributed by atoms with Crippen LogP contribution in [0.1, 0.15) is 41.1 Å². The molecular formula is C17H21FN4O3S. The first-order valence-corrected chi connectivity index (χ1v) is 8.85. The largest absolute Gasteiger partial charge is 0.444 e. The van der Waals surface area contributed by atoms with Crippen LogP contribution < -0.4 is 10.6 Å². The lowest BCUT2D eigenvalue weighted by Crippen LogP contribution is -2.33. The van der Waals surface area contributed by atoms with E-state index in [1.165, 1.54) is 35.9 Å². The van der Waals surface area contributed by atoms with Crippen LogP contribution >= 0.6 is 11.3 Å². The van der Waals surface area contributed by atoms with Gasteiger partial charge in [-0.2, -0.15) is 0 Å². The number of pyridine rings is 1. The number of hydrogen-bond donors (Lipinski definition) is 2. The molecule has 2 amide bonds. The first kappa shape index (κ1) is 19.8. The molecule has 0 atom stereocenters. The monoisotopic (exact) mass is 380 g/mol. The molecule has 0 aliphatic rings. The van der Waals surface area contributed by atoms with Gasteiger partial charge in [-0.25, -0.2) is 14.2 Å². The van der Waals surface area contributed by atoms with E-state index in [4.69, 9.17) is 4.74 Å². The smallest absolute Gasteiger partial charge is 0.407 e. The molecule has 2 aromatic rings. The molecule has 7 nitrogen and oxygen atoms in total. The third-order valence-electron chi connectivity index (χ3n) is 3.04. The third kappa shape index (κ3) is 6.40. The van der Waals surface area contributed by atoms with Crippen LogP contribution in [0.25, 0.3) is 0 Å². The molecule has 0 unspecified atom stereocenters. The Bertz CT molecular complexity index is 773. The van der Waals surface area contributed by atoms with Crippen molar-refractivity contribution < 1.29 is 18.7 Å². The molecule has 0 aliphatic heterocycles. The van der Waals surface area contributed by atoms with E-state index in [2.05, 4.69) is 20.6 Å². The summed E-state index contributed by atoms with van der Waals surface area (Å²) in [5, 5.41) is 5.95. The minimum Gasteiger partial charge on any atom is -0.444 e. The Hall–Kier alpha value is -2.55. The van der Waals surface area contributed by atoms with Crippen molar-refractivity contribution in [3.63, 3.8) is 0 Å². The van der Waals surface area contributed by atoms with Crippen molar-refractivity contribution in [2.45, 2.75) is 39.3 Å². The average molecular weight is 380 g/mol. The van der Waals surface area contributed by atoms with Gasteiger partial charge in [0.1, 0.15) is 16.3 Å². The van der Waals surface area contributed by atoms with Crippen molar-refractivity contribution in [2.75, 3.05) is 6.54 Å². The second kappa shape index (κ2) is 8.70. The van der Waals surface area contributed by atoms with Crippen LogP contribution in [0, 0.1) is 5.82 Å². The molecule has 2 aromatic heterocycles. The van der Waals surface area contributed by atoms with Gasteiger partial charge in [-0.1, -0.05) is 0 Å². The molecule has 0 bridgehead atoms. The number of hydrogen-bond acceptors (Lipinski definition) is 6. The van der Waals surface area contributed by atoms with E-state index in [0.717, 1.165) is 0 Å². The number of alkyl carbamates (subject to hydrolysis) is 1. The molecule has 2 heterocycles. The molecule has 2 N–H and O–H groups in total. The van der Waals surface area contributed by atoms with Gasteiger partial charge < -0.3 is 15.4 Å². The summed E-state index contributed by atoms with van der Waals surface area (Å²) >= 11 is 1.22. The van der Waals surface area contributed by atoms with Gasteiger partial charge in [-0.05, 0) is 32.9 Å². The summed E-state index contributed by atoms with van der Waals surface area (Å²) in [7, 11) is 0. The highest BCUT2D eigenvalue weighted by molar-refractivity contribution is 7.13. The molecule has 0 aromatic carbocycles. The number of aromatic nitrogens is 2. The Morgan fingerprint density at radius 1 is 1.27 bits per heavy atom. The van der Waals surface area contributed by atoms with Crippen molar-refractivity contribution >= 4 is 23.3 Å². The SMILES string of the molecule is CC(C)(C)OC(=O)NCCc1ncc(C(=O)NCc2ncccc2F)s1. The van der Waals surface area contributed by atoms with Crippen LogP contribution in [-0.2, 0) is 17.7 Å². The summed E-state index contributed by atoms with van der Waals surface area (Å²) in [5.41, 5.74) is -0.379. The van der Waals surface area contributed by atoms with Crippen LogP contribution in [0.2, 0.25) is 0 Å². The Kier molecular flexibility index (Phi) is 6.62. The number of carbonyl (C=O) groups excluding carboxylic acids is 2. The molecule has 0 fully saturated rings. The van der Waals surface area contributed by atoms with Crippen molar-refractivity contribution in [3.8, 4) is 0 Å². The Morgan fingerprint density at radius 3 is 2.73 bits per heavy atom. The normalized spacial score (nSPS) is 11.1. The zero-order valence-corrected chi connectivity index (χ0v) is 15.7. The maximum absolute atomic E-state index is 13.5. The summed E-state index contributed by atoms with van der Waals surface area (Å²) < 4.78 is 18.6. The second-order valence-electron chi connectivity index (χ2n) is 6.41. The average Bonchev–Trinajstić information content (AvgIpc) is 3.01.